The van der Waals surface area contributed by atoms with Crippen molar-refractivity contribution >= 4 is 17.3 Å². The van der Waals surface area contributed by atoms with Gasteiger partial charge in [0.15, 0.2) is 5.11 Å². The number of hydrogen-bond acceptors (Lipinski definition) is 2. The van der Waals surface area contributed by atoms with Crippen molar-refractivity contribution in [1.29, 1.82) is 0 Å². The van der Waals surface area contributed by atoms with E-state index in [-0.39, 0.29) is 12.1 Å². The molecule has 3 heterocycles. The van der Waals surface area contributed by atoms with Crippen LogP contribution in [0.15, 0.2) is 85.1 Å². The van der Waals surface area contributed by atoms with Gasteiger partial charge in [0.05, 0.1) is 17.8 Å². The first-order valence-corrected chi connectivity index (χ1v) is 12.3. The van der Waals surface area contributed by atoms with E-state index in [1.54, 1.807) is 0 Å². The summed E-state index contributed by atoms with van der Waals surface area (Å²) in [5.74, 6) is 0. The molecule has 4 nitrogen and oxygen atoms in total. The fourth-order valence-electron chi connectivity index (χ4n) is 5.06. The van der Waals surface area contributed by atoms with Crippen LogP contribution in [0.25, 0.3) is 5.69 Å². The molecule has 0 radical (unpaired) electrons. The number of pyridine rings is 1. The van der Waals surface area contributed by atoms with E-state index in [9.17, 15) is 0 Å². The lowest BCUT2D eigenvalue weighted by Gasteiger charge is -2.28. The Morgan fingerprint density at radius 2 is 1.65 bits per heavy atom. The average molecular weight is 467 g/mol. The molecule has 1 aliphatic heterocycles. The molecule has 1 aliphatic rings. The molecule has 1 N–H and O–H groups in total. The van der Waals surface area contributed by atoms with Gasteiger partial charge in [-0.15, -0.1) is 0 Å². The van der Waals surface area contributed by atoms with Crippen molar-refractivity contribution < 1.29 is 0 Å². The summed E-state index contributed by atoms with van der Waals surface area (Å²) < 4.78 is 2.35. The Balaban J connectivity index is 1.60. The van der Waals surface area contributed by atoms with Gasteiger partial charge in [-0.3, -0.25) is 4.98 Å². The number of aromatic nitrogens is 2. The summed E-state index contributed by atoms with van der Waals surface area (Å²) in [4.78, 5) is 7.01. The molecular weight excluding hydrogens is 436 g/mol. The molecule has 0 amide bonds. The van der Waals surface area contributed by atoms with Gasteiger partial charge in [0.2, 0.25) is 0 Å². The zero-order valence-corrected chi connectivity index (χ0v) is 20.7. The van der Waals surface area contributed by atoms with E-state index in [0.29, 0.717) is 0 Å². The van der Waals surface area contributed by atoms with Crippen LogP contribution in [0.2, 0.25) is 0 Å². The maximum absolute atomic E-state index is 5.88. The molecule has 0 bridgehead atoms. The summed E-state index contributed by atoms with van der Waals surface area (Å²) in [6.07, 6.45) is 2.90. The Morgan fingerprint density at radius 1 is 0.912 bits per heavy atom. The number of thiocarbonyl (C=S) groups is 1. The van der Waals surface area contributed by atoms with Gasteiger partial charge >= 0.3 is 0 Å². The normalized spacial score (nSPS) is 17.7. The molecule has 34 heavy (non-hydrogen) atoms. The van der Waals surface area contributed by atoms with Gasteiger partial charge in [-0.1, -0.05) is 55.5 Å². The SMILES string of the molecule is CCc1ccc(-n2c(C)cc([C@H]3[C@H](c4ccccn4)NC(=S)N3Cc3ccccc3)c2C)cc1. The lowest BCUT2D eigenvalue weighted by molar-refractivity contribution is 0.310. The molecule has 0 aliphatic carbocycles. The maximum Gasteiger partial charge on any atom is 0.170 e. The van der Waals surface area contributed by atoms with E-state index in [1.165, 1.54) is 33.8 Å². The van der Waals surface area contributed by atoms with Crippen molar-refractivity contribution in [3.63, 3.8) is 0 Å². The first-order chi connectivity index (χ1) is 16.6. The van der Waals surface area contributed by atoms with Crippen LogP contribution in [-0.2, 0) is 13.0 Å². The molecule has 2 aromatic heterocycles. The summed E-state index contributed by atoms with van der Waals surface area (Å²) in [5, 5.41) is 4.35. The van der Waals surface area contributed by atoms with E-state index in [0.717, 1.165) is 23.8 Å². The van der Waals surface area contributed by atoms with Crippen molar-refractivity contribution in [3.8, 4) is 5.69 Å². The maximum atomic E-state index is 5.88. The van der Waals surface area contributed by atoms with Crippen LogP contribution in [-0.4, -0.2) is 19.6 Å². The van der Waals surface area contributed by atoms with Gasteiger partial charge < -0.3 is 14.8 Å². The molecule has 4 aromatic rings. The predicted octanol–water partition coefficient (Wildman–Crippen LogP) is 6.22. The highest BCUT2D eigenvalue weighted by Gasteiger charge is 2.41. The van der Waals surface area contributed by atoms with E-state index in [2.05, 4.69) is 102 Å². The standard InChI is InChI=1S/C29H30N4S/c1-4-22-13-15-24(16-14-22)33-20(2)18-25(21(33)3)28-27(26-12-8-9-17-30-26)31-29(34)32(28)19-23-10-6-5-7-11-23/h5-18,27-28H,4,19H2,1-3H3,(H,31,34)/t27-,28-/m0/s1. The van der Waals surface area contributed by atoms with E-state index >= 15 is 0 Å². The van der Waals surface area contributed by atoms with Crippen LogP contribution in [0.4, 0.5) is 0 Å². The largest absolute Gasteiger partial charge is 0.352 e. The molecule has 0 spiro atoms. The van der Waals surface area contributed by atoms with Crippen molar-refractivity contribution in [2.24, 2.45) is 0 Å². The Kier molecular flexibility index (Phi) is 6.20. The molecule has 2 aromatic carbocycles. The van der Waals surface area contributed by atoms with Crippen LogP contribution in [0.1, 0.15) is 52.8 Å². The number of benzene rings is 2. The fraction of sp³-hybridized carbons (Fsp3) is 0.241. The third-order valence-corrected chi connectivity index (χ3v) is 7.14. The van der Waals surface area contributed by atoms with E-state index in [4.69, 9.17) is 17.2 Å². The fourth-order valence-corrected chi connectivity index (χ4v) is 5.36. The number of hydrogen-bond donors (Lipinski definition) is 1. The van der Waals surface area contributed by atoms with Crippen molar-refractivity contribution in [1.82, 2.24) is 19.8 Å². The van der Waals surface area contributed by atoms with Crippen molar-refractivity contribution in [3.05, 3.63) is 119 Å². The minimum absolute atomic E-state index is 0.0196. The molecule has 172 valence electrons. The topological polar surface area (TPSA) is 33.1 Å². The summed E-state index contributed by atoms with van der Waals surface area (Å²) in [6, 6.07) is 27.8. The minimum Gasteiger partial charge on any atom is -0.352 e. The zero-order chi connectivity index (χ0) is 23.7. The predicted molar refractivity (Wildman–Crippen MR) is 142 cm³/mol. The molecule has 1 saturated heterocycles. The second kappa shape index (κ2) is 9.43. The highest BCUT2D eigenvalue weighted by molar-refractivity contribution is 7.80. The van der Waals surface area contributed by atoms with Gasteiger partial charge in [0.25, 0.3) is 0 Å². The summed E-state index contributed by atoms with van der Waals surface area (Å²) >= 11 is 5.88. The average Bonchev–Trinajstić information content (AvgIpc) is 3.35. The van der Waals surface area contributed by atoms with Crippen molar-refractivity contribution in [2.45, 2.75) is 45.8 Å². The molecule has 0 saturated carbocycles. The highest BCUT2D eigenvalue weighted by Crippen LogP contribution is 2.42. The second-order valence-electron chi connectivity index (χ2n) is 8.92. The molecule has 1 fully saturated rings. The summed E-state index contributed by atoms with van der Waals surface area (Å²) in [5.41, 5.74) is 8.50. The Morgan fingerprint density at radius 3 is 2.32 bits per heavy atom. The lowest BCUT2D eigenvalue weighted by atomic mass is 9.96. The minimum atomic E-state index is -0.0196. The number of nitrogens with zero attached hydrogens (tertiary/aromatic N) is 3. The zero-order valence-electron chi connectivity index (χ0n) is 19.9. The Bertz CT molecular complexity index is 1280. The molecular formula is C29H30N4S. The highest BCUT2D eigenvalue weighted by atomic mass is 32.1. The van der Waals surface area contributed by atoms with Crippen LogP contribution < -0.4 is 5.32 Å². The lowest BCUT2D eigenvalue weighted by Crippen LogP contribution is -2.29. The molecule has 0 unspecified atom stereocenters. The Labute approximate surface area is 207 Å². The quantitative estimate of drug-likeness (QED) is 0.342. The molecule has 2 atom stereocenters. The first-order valence-electron chi connectivity index (χ1n) is 11.9. The van der Waals surface area contributed by atoms with Gasteiger partial charge in [0.1, 0.15) is 0 Å². The van der Waals surface area contributed by atoms with E-state index < -0.39 is 0 Å². The van der Waals surface area contributed by atoms with Gasteiger partial charge in [-0.05, 0) is 79.5 Å². The van der Waals surface area contributed by atoms with Crippen molar-refractivity contribution in [2.75, 3.05) is 0 Å². The number of rotatable bonds is 6. The molecule has 5 heteroatoms. The van der Waals surface area contributed by atoms with Crippen LogP contribution in [0, 0.1) is 13.8 Å². The third kappa shape index (κ3) is 4.12. The number of aryl methyl sites for hydroxylation is 2. The van der Waals surface area contributed by atoms with Crippen LogP contribution in [0.3, 0.4) is 0 Å². The summed E-state index contributed by atoms with van der Waals surface area (Å²) in [6.45, 7) is 7.33. The number of nitrogens with one attached hydrogen (secondary N) is 1. The van der Waals surface area contributed by atoms with Crippen LogP contribution >= 0.6 is 12.2 Å². The van der Waals surface area contributed by atoms with E-state index in [1.807, 2.05) is 18.3 Å². The Hall–Kier alpha value is -3.44. The summed E-state index contributed by atoms with van der Waals surface area (Å²) in [7, 11) is 0. The van der Waals surface area contributed by atoms with Gasteiger partial charge in [0, 0.05) is 29.8 Å². The second-order valence-corrected chi connectivity index (χ2v) is 9.31. The molecule has 5 rings (SSSR count). The van der Waals surface area contributed by atoms with Gasteiger partial charge in [-0.25, -0.2) is 0 Å². The monoisotopic (exact) mass is 466 g/mol. The van der Waals surface area contributed by atoms with Gasteiger partial charge in [-0.2, -0.15) is 0 Å². The first kappa shape index (κ1) is 22.4. The van der Waals surface area contributed by atoms with Crippen LogP contribution in [0.5, 0.6) is 0 Å². The smallest absolute Gasteiger partial charge is 0.170 e. The third-order valence-electron chi connectivity index (χ3n) is 6.79.